The molecule has 1 aliphatic carbocycles. The largest absolute Gasteiger partial charge is 0.394 e. The van der Waals surface area contributed by atoms with Crippen molar-refractivity contribution in [2.75, 3.05) is 6.61 Å². The van der Waals surface area contributed by atoms with Crippen molar-refractivity contribution in [3.63, 3.8) is 0 Å². The van der Waals surface area contributed by atoms with Gasteiger partial charge in [-0.2, -0.15) is 0 Å². The first-order valence-electron chi connectivity index (χ1n) is 8.08. The van der Waals surface area contributed by atoms with Crippen LogP contribution in [0.3, 0.4) is 0 Å². The zero-order chi connectivity index (χ0) is 17.3. The molecule has 0 bridgehead atoms. The van der Waals surface area contributed by atoms with Gasteiger partial charge in [0.15, 0.2) is 6.29 Å². The summed E-state index contributed by atoms with van der Waals surface area (Å²) in [6.07, 6.45) is -4.98. The fourth-order valence-corrected chi connectivity index (χ4v) is 3.20. The molecule has 1 heterocycles. The Kier molecular flexibility index (Phi) is 6.18. The zero-order valence-corrected chi connectivity index (χ0v) is 13.7. The molecule has 0 aromatic heterocycles. The third-order valence-corrected chi connectivity index (χ3v) is 4.87. The van der Waals surface area contributed by atoms with Gasteiger partial charge in [-0.3, -0.25) is 0 Å². The molecular weight excluding hydrogens is 304 g/mol. The highest BCUT2D eigenvalue weighted by molar-refractivity contribution is 5.14. The van der Waals surface area contributed by atoms with Crippen LogP contribution in [0.25, 0.3) is 0 Å². The second-order valence-electron chi connectivity index (χ2n) is 6.87. The van der Waals surface area contributed by atoms with Gasteiger partial charge in [0.2, 0.25) is 0 Å². The summed E-state index contributed by atoms with van der Waals surface area (Å²) in [4.78, 5) is 0. The van der Waals surface area contributed by atoms with Crippen LogP contribution >= 0.6 is 0 Å². The number of hydrogen-bond acceptors (Lipinski definition) is 7. The summed E-state index contributed by atoms with van der Waals surface area (Å²) in [6, 6.07) is 0. The Morgan fingerprint density at radius 1 is 1.17 bits per heavy atom. The Bertz CT molecular complexity index is 423. The van der Waals surface area contributed by atoms with E-state index in [0.717, 1.165) is 5.57 Å². The highest BCUT2D eigenvalue weighted by atomic mass is 16.7. The molecule has 0 spiro atoms. The van der Waals surface area contributed by atoms with Crippen LogP contribution in [0.2, 0.25) is 0 Å². The van der Waals surface area contributed by atoms with Crippen molar-refractivity contribution in [1.82, 2.24) is 0 Å². The highest BCUT2D eigenvalue weighted by Crippen LogP contribution is 2.34. The molecule has 0 saturated carbocycles. The van der Waals surface area contributed by atoms with E-state index in [1.807, 2.05) is 20.8 Å². The monoisotopic (exact) mass is 332 g/mol. The number of aliphatic hydroxyl groups excluding tert-OH is 5. The molecule has 1 fully saturated rings. The lowest BCUT2D eigenvalue weighted by molar-refractivity contribution is -0.312. The minimum absolute atomic E-state index is 0.0288. The van der Waals surface area contributed by atoms with Crippen LogP contribution in [0.1, 0.15) is 27.2 Å². The number of hydrogen-bond donors (Lipinski definition) is 5. The topological polar surface area (TPSA) is 120 Å². The van der Waals surface area contributed by atoms with E-state index in [4.69, 9.17) is 9.47 Å². The molecule has 5 N–H and O–H groups in total. The van der Waals surface area contributed by atoms with Crippen molar-refractivity contribution >= 4 is 0 Å². The van der Waals surface area contributed by atoms with E-state index in [0.29, 0.717) is 6.42 Å². The summed E-state index contributed by atoms with van der Waals surface area (Å²) in [5, 5.41) is 49.0. The fourth-order valence-electron chi connectivity index (χ4n) is 3.20. The van der Waals surface area contributed by atoms with Crippen molar-refractivity contribution in [2.45, 2.75) is 70.1 Å². The quantitative estimate of drug-likeness (QED) is 0.426. The Balaban J connectivity index is 2.15. The molecule has 7 nitrogen and oxygen atoms in total. The van der Waals surface area contributed by atoms with Gasteiger partial charge in [0, 0.05) is 0 Å². The van der Waals surface area contributed by atoms with E-state index < -0.39 is 43.4 Å². The van der Waals surface area contributed by atoms with E-state index in [1.165, 1.54) is 0 Å². The number of aliphatic hydroxyl groups is 5. The summed E-state index contributed by atoms with van der Waals surface area (Å²) < 4.78 is 11.2. The van der Waals surface area contributed by atoms with Crippen molar-refractivity contribution in [2.24, 2.45) is 11.8 Å². The SMILES string of the molecule is CC1=CC(OC2OC(CO)C(O)C(O)C2O)C(C(C)C)CC1O. The van der Waals surface area contributed by atoms with Crippen LogP contribution in [-0.4, -0.2) is 75.1 Å². The van der Waals surface area contributed by atoms with E-state index >= 15 is 0 Å². The lowest BCUT2D eigenvalue weighted by Gasteiger charge is -2.43. The molecule has 23 heavy (non-hydrogen) atoms. The van der Waals surface area contributed by atoms with Crippen LogP contribution in [0.5, 0.6) is 0 Å². The Labute approximate surface area is 136 Å². The molecule has 0 radical (unpaired) electrons. The molecule has 2 aliphatic rings. The molecule has 134 valence electrons. The number of ether oxygens (including phenoxy) is 2. The fraction of sp³-hybridized carbons (Fsp3) is 0.875. The predicted octanol–water partition coefficient (Wildman–Crippen LogP) is -0.845. The summed E-state index contributed by atoms with van der Waals surface area (Å²) in [6.45, 7) is 5.37. The van der Waals surface area contributed by atoms with Crippen LogP contribution < -0.4 is 0 Å². The van der Waals surface area contributed by atoms with E-state index in [1.54, 1.807) is 6.08 Å². The van der Waals surface area contributed by atoms with Crippen molar-refractivity contribution in [1.29, 1.82) is 0 Å². The van der Waals surface area contributed by atoms with Crippen LogP contribution in [-0.2, 0) is 9.47 Å². The maximum absolute atomic E-state index is 10.1. The van der Waals surface area contributed by atoms with Gasteiger partial charge in [0.1, 0.15) is 24.4 Å². The van der Waals surface area contributed by atoms with E-state index in [9.17, 15) is 25.5 Å². The molecule has 8 atom stereocenters. The Morgan fingerprint density at radius 2 is 1.83 bits per heavy atom. The third-order valence-electron chi connectivity index (χ3n) is 4.87. The molecule has 2 rings (SSSR count). The summed E-state index contributed by atoms with van der Waals surface area (Å²) in [7, 11) is 0. The third kappa shape index (κ3) is 3.93. The lowest BCUT2D eigenvalue weighted by Crippen LogP contribution is -2.60. The van der Waals surface area contributed by atoms with Crippen LogP contribution in [0.15, 0.2) is 11.6 Å². The summed E-state index contributed by atoms with van der Waals surface area (Å²) >= 11 is 0. The maximum atomic E-state index is 10.1. The van der Waals surface area contributed by atoms with Crippen LogP contribution in [0, 0.1) is 11.8 Å². The van der Waals surface area contributed by atoms with E-state index in [2.05, 4.69) is 0 Å². The maximum Gasteiger partial charge on any atom is 0.187 e. The van der Waals surface area contributed by atoms with Gasteiger partial charge in [0.05, 0.1) is 18.8 Å². The molecule has 0 aromatic rings. The van der Waals surface area contributed by atoms with Gasteiger partial charge in [-0.15, -0.1) is 0 Å². The lowest BCUT2D eigenvalue weighted by atomic mass is 9.79. The Morgan fingerprint density at radius 3 is 2.39 bits per heavy atom. The molecule has 7 heteroatoms. The van der Waals surface area contributed by atoms with Crippen molar-refractivity contribution < 1.29 is 35.0 Å². The van der Waals surface area contributed by atoms with Crippen LogP contribution in [0.4, 0.5) is 0 Å². The minimum atomic E-state index is -1.46. The molecule has 1 aliphatic heterocycles. The predicted molar refractivity (Wildman–Crippen MR) is 81.3 cm³/mol. The average molecular weight is 332 g/mol. The van der Waals surface area contributed by atoms with Gasteiger partial charge < -0.3 is 35.0 Å². The van der Waals surface area contributed by atoms with E-state index in [-0.39, 0.29) is 17.9 Å². The zero-order valence-electron chi connectivity index (χ0n) is 13.7. The second kappa shape index (κ2) is 7.57. The second-order valence-corrected chi connectivity index (χ2v) is 6.87. The smallest absolute Gasteiger partial charge is 0.187 e. The van der Waals surface area contributed by atoms with Gasteiger partial charge in [-0.1, -0.05) is 19.9 Å². The first-order valence-corrected chi connectivity index (χ1v) is 8.08. The highest BCUT2D eigenvalue weighted by Gasteiger charge is 2.45. The molecule has 1 saturated heterocycles. The van der Waals surface area contributed by atoms with Gasteiger partial charge in [0.25, 0.3) is 0 Å². The standard InChI is InChI=1S/C16H28O7/c1-7(2)9-5-10(18)8(3)4-11(9)22-16-15(21)14(20)13(19)12(6-17)23-16/h4,7,9-21H,5-6H2,1-3H3. The summed E-state index contributed by atoms with van der Waals surface area (Å²) in [5.74, 6) is 0.268. The van der Waals surface area contributed by atoms with Gasteiger partial charge in [-0.05, 0) is 30.8 Å². The normalized spacial score (nSPS) is 45.2. The van der Waals surface area contributed by atoms with Gasteiger partial charge >= 0.3 is 0 Å². The molecule has 0 amide bonds. The molecule has 8 unspecified atom stereocenters. The first kappa shape index (κ1) is 18.8. The minimum Gasteiger partial charge on any atom is -0.394 e. The van der Waals surface area contributed by atoms with Gasteiger partial charge in [-0.25, -0.2) is 0 Å². The summed E-state index contributed by atoms with van der Waals surface area (Å²) in [5.41, 5.74) is 0.788. The molecule has 0 aromatic carbocycles. The number of rotatable bonds is 4. The van der Waals surface area contributed by atoms with Crippen molar-refractivity contribution in [3.05, 3.63) is 11.6 Å². The first-order chi connectivity index (χ1) is 10.8. The molecular formula is C16H28O7. The Hall–Kier alpha value is -0.540. The average Bonchev–Trinajstić information content (AvgIpc) is 2.50. The van der Waals surface area contributed by atoms with Crippen molar-refractivity contribution in [3.8, 4) is 0 Å².